The normalized spacial score (nSPS) is 15.5. The first kappa shape index (κ1) is 16.8. The topological polar surface area (TPSA) is 38.7 Å². The van der Waals surface area contributed by atoms with E-state index >= 15 is 0 Å². The number of rotatable bonds is 10. The molecule has 0 saturated heterocycles. The van der Waals surface area contributed by atoms with E-state index in [4.69, 9.17) is 0 Å². The van der Waals surface area contributed by atoms with Crippen LogP contribution in [0.15, 0.2) is 0 Å². The fourth-order valence-electron chi connectivity index (χ4n) is 1.68. The van der Waals surface area contributed by atoms with Gasteiger partial charge in [0.05, 0.1) is 6.61 Å². The lowest BCUT2D eigenvalue weighted by Crippen LogP contribution is -2.46. The molecule has 0 rings (SSSR count). The van der Waals surface area contributed by atoms with Gasteiger partial charge in [-0.25, -0.2) is 0 Å². The average Bonchev–Trinajstić information content (AvgIpc) is 2.32. The summed E-state index contributed by atoms with van der Waals surface area (Å²) in [5.41, 5.74) is -0.149. The Morgan fingerprint density at radius 1 is 1.12 bits per heavy atom. The highest BCUT2D eigenvalue weighted by Gasteiger charge is 2.21. The average molecular weight is 245 g/mol. The zero-order valence-corrected chi connectivity index (χ0v) is 12.3. The first-order chi connectivity index (χ1) is 7.97. The van der Waals surface area contributed by atoms with Gasteiger partial charge in [-0.2, -0.15) is 0 Å². The molecule has 0 fully saturated rings. The molecule has 1 unspecified atom stereocenters. The van der Waals surface area contributed by atoms with E-state index in [1.807, 2.05) is 7.05 Å². The molecular weight excluding hydrogens is 214 g/mol. The van der Waals surface area contributed by atoms with Crippen LogP contribution in [0.3, 0.4) is 0 Å². The van der Waals surface area contributed by atoms with E-state index in [1.165, 1.54) is 6.42 Å². The van der Waals surface area contributed by atoms with E-state index in [9.17, 15) is 5.11 Å². The molecule has 4 heteroatoms. The Balaban J connectivity index is 4.06. The third kappa shape index (κ3) is 7.71. The first-order valence-corrected chi connectivity index (χ1v) is 6.64. The molecule has 0 aliphatic rings. The predicted octanol–water partition coefficient (Wildman–Crippen LogP) is 0.621. The maximum Gasteiger partial charge on any atom is 0.0610 e. The van der Waals surface area contributed by atoms with Gasteiger partial charge in [-0.1, -0.05) is 6.92 Å². The van der Waals surface area contributed by atoms with Crippen molar-refractivity contribution in [1.82, 2.24) is 15.1 Å². The zero-order chi connectivity index (χ0) is 13.3. The van der Waals surface area contributed by atoms with Crippen LogP contribution in [0.4, 0.5) is 0 Å². The molecule has 0 radical (unpaired) electrons. The Kier molecular flexibility index (Phi) is 8.78. The van der Waals surface area contributed by atoms with Gasteiger partial charge in [0.2, 0.25) is 0 Å². The van der Waals surface area contributed by atoms with Gasteiger partial charge in [-0.3, -0.25) is 0 Å². The highest BCUT2D eigenvalue weighted by molar-refractivity contribution is 4.81. The number of hydrogen-bond acceptors (Lipinski definition) is 4. The maximum absolute atomic E-state index is 9.36. The molecule has 0 heterocycles. The summed E-state index contributed by atoms with van der Waals surface area (Å²) in [4.78, 5) is 4.69. The van der Waals surface area contributed by atoms with Gasteiger partial charge in [0, 0.05) is 25.2 Å². The number of aliphatic hydroxyl groups excluding tert-OH is 1. The van der Waals surface area contributed by atoms with Crippen molar-refractivity contribution in [2.45, 2.75) is 32.2 Å². The van der Waals surface area contributed by atoms with Crippen molar-refractivity contribution < 1.29 is 5.11 Å². The summed E-state index contributed by atoms with van der Waals surface area (Å²) < 4.78 is 0. The van der Waals surface area contributed by atoms with E-state index in [1.54, 1.807) is 0 Å². The lowest BCUT2D eigenvalue weighted by atomic mass is 9.99. The highest BCUT2D eigenvalue weighted by atomic mass is 16.3. The molecule has 4 nitrogen and oxygen atoms in total. The van der Waals surface area contributed by atoms with Crippen molar-refractivity contribution >= 4 is 0 Å². The highest BCUT2D eigenvalue weighted by Crippen LogP contribution is 2.09. The Hall–Kier alpha value is -0.160. The molecular formula is C13H31N3O. The standard InChI is InChI=1S/C13H31N3O/c1-6-8-16(11-10-15(4)5)9-7-13(2,12-17)14-3/h14,17H,6-12H2,1-5H3. The van der Waals surface area contributed by atoms with Crippen LogP contribution >= 0.6 is 0 Å². The summed E-state index contributed by atoms with van der Waals surface area (Å²) in [6, 6.07) is 0. The minimum Gasteiger partial charge on any atom is -0.394 e. The van der Waals surface area contributed by atoms with Crippen molar-refractivity contribution in [2.24, 2.45) is 0 Å². The number of nitrogens with zero attached hydrogens (tertiary/aromatic N) is 2. The fourth-order valence-corrected chi connectivity index (χ4v) is 1.68. The van der Waals surface area contributed by atoms with Crippen LogP contribution in [0.25, 0.3) is 0 Å². The number of aliphatic hydroxyl groups is 1. The van der Waals surface area contributed by atoms with Gasteiger partial charge in [-0.05, 0) is 47.5 Å². The molecule has 0 aromatic heterocycles. The van der Waals surface area contributed by atoms with E-state index in [-0.39, 0.29) is 12.1 Å². The van der Waals surface area contributed by atoms with Crippen molar-refractivity contribution in [3.63, 3.8) is 0 Å². The minimum absolute atomic E-state index is 0.149. The lowest BCUT2D eigenvalue weighted by Gasteiger charge is -2.31. The van der Waals surface area contributed by atoms with Gasteiger partial charge in [0.1, 0.15) is 0 Å². The van der Waals surface area contributed by atoms with E-state index in [0.717, 1.165) is 32.6 Å². The van der Waals surface area contributed by atoms with Crippen LogP contribution < -0.4 is 5.32 Å². The quantitative estimate of drug-likeness (QED) is 0.592. The summed E-state index contributed by atoms with van der Waals surface area (Å²) in [5, 5.41) is 12.6. The second kappa shape index (κ2) is 8.86. The summed E-state index contributed by atoms with van der Waals surface area (Å²) >= 11 is 0. The van der Waals surface area contributed by atoms with Crippen LogP contribution in [0.5, 0.6) is 0 Å². The second-order valence-electron chi connectivity index (χ2n) is 5.36. The molecule has 1 atom stereocenters. The largest absolute Gasteiger partial charge is 0.394 e. The van der Waals surface area contributed by atoms with Crippen LogP contribution in [0.2, 0.25) is 0 Å². The number of likely N-dealkylation sites (N-methyl/N-ethyl adjacent to an activating group) is 2. The van der Waals surface area contributed by atoms with Gasteiger partial charge in [-0.15, -0.1) is 0 Å². The molecule has 0 amide bonds. The number of nitrogens with one attached hydrogen (secondary N) is 1. The molecule has 104 valence electrons. The van der Waals surface area contributed by atoms with Crippen LogP contribution in [0.1, 0.15) is 26.7 Å². The smallest absolute Gasteiger partial charge is 0.0610 e. The molecule has 0 aromatic rings. The van der Waals surface area contributed by atoms with Crippen LogP contribution in [-0.4, -0.2) is 74.4 Å². The summed E-state index contributed by atoms with van der Waals surface area (Å²) in [6.07, 6.45) is 2.16. The Morgan fingerprint density at radius 2 is 1.76 bits per heavy atom. The molecule has 2 N–H and O–H groups in total. The van der Waals surface area contributed by atoms with Gasteiger partial charge < -0.3 is 20.2 Å². The third-order valence-electron chi connectivity index (χ3n) is 3.34. The van der Waals surface area contributed by atoms with Gasteiger partial charge in [0.25, 0.3) is 0 Å². The zero-order valence-electron chi connectivity index (χ0n) is 12.3. The Bertz CT molecular complexity index is 182. The Morgan fingerprint density at radius 3 is 2.18 bits per heavy atom. The molecule has 0 aliphatic carbocycles. The van der Waals surface area contributed by atoms with Crippen LogP contribution in [-0.2, 0) is 0 Å². The maximum atomic E-state index is 9.36. The van der Waals surface area contributed by atoms with Crippen molar-refractivity contribution in [2.75, 3.05) is 53.9 Å². The minimum atomic E-state index is -0.149. The summed E-state index contributed by atoms with van der Waals surface area (Å²) in [5.74, 6) is 0. The monoisotopic (exact) mass is 245 g/mol. The molecule has 0 aliphatic heterocycles. The summed E-state index contributed by atoms with van der Waals surface area (Å²) in [7, 11) is 6.13. The second-order valence-corrected chi connectivity index (χ2v) is 5.36. The SMILES string of the molecule is CCCN(CCN(C)C)CCC(C)(CO)NC. The molecule has 0 saturated carbocycles. The molecule has 17 heavy (non-hydrogen) atoms. The molecule has 0 spiro atoms. The van der Waals surface area contributed by atoms with Crippen LogP contribution in [0, 0.1) is 0 Å². The van der Waals surface area contributed by atoms with Crippen molar-refractivity contribution in [3.8, 4) is 0 Å². The van der Waals surface area contributed by atoms with Crippen molar-refractivity contribution in [1.29, 1.82) is 0 Å². The first-order valence-electron chi connectivity index (χ1n) is 6.64. The fraction of sp³-hybridized carbons (Fsp3) is 1.00. The third-order valence-corrected chi connectivity index (χ3v) is 3.34. The Labute approximate surface area is 107 Å². The molecule has 0 aromatic carbocycles. The predicted molar refractivity (Wildman–Crippen MR) is 74.5 cm³/mol. The van der Waals surface area contributed by atoms with Crippen molar-refractivity contribution in [3.05, 3.63) is 0 Å². The summed E-state index contributed by atoms with van der Waals surface area (Å²) in [6.45, 7) is 8.85. The van der Waals surface area contributed by atoms with E-state index in [2.05, 4.69) is 43.1 Å². The van der Waals surface area contributed by atoms with Gasteiger partial charge in [0.15, 0.2) is 0 Å². The lowest BCUT2D eigenvalue weighted by molar-refractivity contribution is 0.148. The number of hydrogen-bond donors (Lipinski definition) is 2. The van der Waals surface area contributed by atoms with E-state index in [0.29, 0.717) is 0 Å². The molecule has 0 bridgehead atoms. The van der Waals surface area contributed by atoms with E-state index < -0.39 is 0 Å². The van der Waals surface area contributed by atoms with Gasteiger partial charge >= 0.3 is 0 Å².